The van der Waals surface area contributed by atoms with Crippen LogP contribution in [0, 0.1) is 0 Å². The second kappa shape index (κ2) is 6.58. The van der Waals surface area contributed by atoms with Crippen LogP contribution >= 0.6 is 11.3 Å². The van der Waals surface area contributed by atoms with Gasteiger partial charge in [-0.25, -0.2) is 4.98 Å². The molecule has 118 valence electrons. The normalized spacial score (nSPS) is 18.2. The molecule has 0 bridgehead atoms. The van der Waals surface area contributed by atoms with Crippen molar-refractivity contribution in [2.24, 2.45) is 0 Å². The van der Waals surface area contributed by atoms with E-state index < -0.39 is 0 Å². The van der Waals surface area contributed by atoms with Gasteiger partial charge in [0.25, 0.3) is 5.56 Å². The van der Waals surface area contributed by atoms with E-state index in [4.69, 9.17) is 4.74 Å². The predicted molar refractivity (Wildman–Crippen MR) is 87.9 cm³/mol. The van der Waals surface area contributed by atoms with E-state index in [-0.39, 0.29) is 11.7 Å². The monoisotopic (exact) mass is 320 g/mol. The van der Waals surface area contributed by atoms with Crippen molar-refractivity contribution in [2.75, 3.05) is 24.6 Å². The zero-order valence-corrected chi connectivity index (χ0v) is 13.5. The molecule has 1 aliphatic rings. The van der Waals surface area contributed by atoms with Gasteiger partial charge in [-0.15, -0.1) is 11.7 Å². The molecular formula is C15H20N4O2S. The molecule has 3 heterocycles. The molecule has 0 N–H and O–H groups in total. The largest absolute Gasteiger partial charge is 0.372 e. The van der Waals surface area contributed by atoms with Crippen LogP contribution in [0.1, 0.15) is 25.5 Å². The molecule has 1 aliphatic heterocycles. The maximum Gasteiger partial charge on any atom is 0.275 e. The van der Waals surface area contributed by atoms with Gasteiger partial charge in [-0.3, -0.25) is 4.79 Å². The standard InChI is InChI=1S/C15H20N4O2S/c1-3-5-11-9-13(20)19-14(16-11)22-15(17-19)18-7-6-12(10-18)21-8-4-2/h4,9,12H,2-3,5-8,10H2,1H3. The quantitative estimate of drug-likeness (QED) is 0.761. The lowest BCUT2D eigenvalue weighted by Crippen LogP contribution is -2.23. The first-order valence-corrected chi connectivity index (χ1v) is 8.40. The number of hydrogen-bond acceptors (Lipinski definition) is 6. The fourth-order valence-electron chi connectivity index (χ4n) is 2.60. The third-order valence-corrected chi connectivity index (χ3v) is 4.63. The summed E-state index contributed by atoms with van der Waals surface area (Å²) < 4.78 is 7.09. The molecule has 7 heteroatoms. The van der Waals surface area contributed by atoms with E-state index in [9.17, 15) is 4.79 Å². The Labute approximate surface area is 133 Å². The SMILES string of the molecule is C=CCOC1CCN(c2nn3c(=O)cc(CCC)nc3s2)C1. The fourth-order valence-corrected chi connectivity index (χ4v) is 3.56. The topological polar surface area (TPSA) is 59.7 Å². The minimum Gasteiger partial charge on any atom is -0.372 e. The lowest BCUT2D eigenvalue weighted by Gasteiger charge is -2.13. The third kappa shape index (κ3) is 3.05. The summed E-state index contributed by atoms with van der Waals surface area (Å²) in [6.07, 6.45) is 4.72. The Kier molecular flexibility index (Phi) is 4.54. The van der Waals surface area contributed by atoms with Crippen LogP contribution in [-0.2, 0) is 11.2 Å². The Bertz CT molecular complexity index is 724. The van der Waals surface area contributed by atoms with Crippen molar-refractivity contribution in [1.29, 1.82) is 0 Å². The average molecular weight is 320 g/mol. The smallest absolute Gasteiger partial charge is 0.275 e. The van der Waals surface area contributed by atoms with Crippen molar-refractivity contribution in [3.8, 4) is 0 Å². The van der Waals surface area contributed by atoms with Crippen molar-refractivity contribution in [3.05, 3.63) is 34.8 Å². The summed E-state index contributed by atoms with van der Waals surface area (Å²) in [6, 6.07) is 1.58. The number of anilines is 1. The highest BCUT2D eigenvalue weighted by Gasteiger charge is 2.25. The summed E-state index contributed by atoms with van der Waals surface area (Å²) in [4.78, 5) is 19.5. The Balaban J connectivity index is 1.82. The van der Waals surface area contributed by atoms with Crippen LogP contribution in [0.15, 0.2) is 23.5 Å². The molecule has 3 rings (SSSR count). The van der Waals surface area contributed by atoms with Gasteiger partial charge >= 0.3 is 0 Å². The number of aryl methyl sites for hydroxylation is 1. The van der Waals surface area contributed by atoms with E-state index in [1.54, 1.807) is 12.1 Å². The molecule has 2 aromatic heterocycles. The van der Waals surface area contributed by atoms with Crippen molar-refractivity contribution in [1.82, 2.24) is 14.6 Å². The number of ether oxygens (including phenoxy) is 1. The van der Waals surface area contributed by atoms with Crippen LogP contribution in [0.2, 0.25) is 0 Å². The van der Waals surface area contributed by atoms with Crippen molar-refractivity contribution < 1.29 is 4.74 Å². The average Bonchev–Trinajstić information content (AvgIpc) is 3.11. The van der Waals surface area contributed by atoms with E-state index >= 15 is 0 Å². The summed E-state index contributed by atoms with van der Waals surface area (Å²) in [7, 11) is 0. The number of hydrogen-bond donors (Lipinski definition) is 0. The minimum atomic E-state index is -0.102. The minimum absolute atomic E-state index is 0.102. The number of aromatic nitrogens is 3. The molecule has 1 atom stereocenters. The van der Waals surface area contributed by atoms with Gasteiger partial charge in [0.2, 0.25) is 10.1 Å². The molecule has 0 aromatic carbocycles. The zero-order valence-electron chi connectivity index (χ0n) is 12.7. The molecule has 0 radical (unpaired) electrons. The lowest BCUT2D eigenvalue weighted by atomic mass is 10.2. The highest BCUT2D eigenvalue weighted by atomic mass is 32.1. The zero-order chi connectivity index (χ0) is 15.5. The molecule has 0 saturated carbocycles. The van der Waals surface area contributed by atoms with Crippen LogP contribution in [0.5, 0.6) is 0 Å². The van der Waals surface area contributed by atoms with E-state index in [1.165, 1.54) is 15.9 Å². The van der Waals surface area contributed by atoms with Crippen molar-refractivity contribution in [2.45, 2.75) is 32.3 Å². The molecule has 6 nitrogen and oxygen atoms in total. The highest BCUT2D eigenvalue weighted by molar-refractivity contribution is 7.20. The van der Waals surface area contributed by atoms with Gasteiger partial charge in [0, 0.05) is 24.8 Å². The number of rotatable bonds is 6. The van der Waals surface area contributed by atoms with Crippen LogP contribution < -0.4 is 10.5 Å². The van der Waals surface area contributed by atoms with Gasteiger partial charge in [-0.1, -0.05) is 30.8 Å². The molecule has 2 aromatic rings. The molecule has 0 spiro atoms. The first kappa shape index (κ1) is 15.2. The highest BCUT2D eigenvalue weighted by Crippen LogP contribution is 2.26. The van der Waals surface area contributed by atoms with Gasteiger partial charge in [0.15, 0.2) is 0 Å². The second-order valence-electron chi connectivity index (χ2n) is 5.39. The third-order valence-electron chi connectivity index (χ3n) is 3.66. The maximum atomic E-state index is 12.1. The summed E-state index contributed by atoms with van der Waals surface area (Å²) in [5, 5.41) is 5.26. The Morgan fingerprint density at radius 2 is 2.45 bits per heavy atom. The second-order valence-corrected chi connectivity index (χ2v) is 6.33. The molecule has 0 amide bonds. The Hall–Kier alpha value is -1.73. The predicted octanol–water partition coefficient (Wildman–Crippen LogP) is 1.88. The molecule has 1 unspecified atom stereocenters. The maximum absolute atomic E-state index is 12.1. The molecule has 1 saturated heterocycles. The van der Waals surface area contributed by atoms with Gasteiger partial charge in [0.05, 0.1) is 12.7 Å². The van der Waals surface area contributed by atoms with Crippen LogP contribution in [-0.4, -0.2) is 40.4 Å². The first-order chi connectivity index (χ1) is 10.7. The fraction of sp³-hybridized carbons (Fsp3) is 0.533. The summed E-state index contributed by atoms with van der Waals surface area (Å²) in [5.74, 6) is 0. The molecular weight excluding hydrogens is 300 g/mol. The Morgan fingerprint density at radius 1 is 1.59 bits per heavy atom. The van der Waals surface area contributed by atoms with Crippen molar-refractivity contribution >= 4 is 21.4 Å². The summed E-state index contributed by atoms with van der Waals surface area (Å²) in [5.41, 5.74) is 0.742. The van der Waals surface area contributed by atoms with Gasteiger partial charge < -0.3 is 9.64 Å². The van der Waals surface area contributed by atoms with E-state index in [0.29, 0.717) is 11.6 Å². The number of fused-ring (bicyclic) bond motifs is 1. The molecule has 1 fully saturated rings. The van der Waals surface area contributed by atoms with Crippen molar-refractivity contribution in [3.63, 3.8) is 0 Å². The molecule has 22 heavy (non-hydrogen) atoms. The van der Waals surface area contributed by atoms with Crippen LogP contribution in [0.3, 0.4) is 0 Å². The van der Waals surface area contributed by atoms with E-state index in [1.807, 2.05) is 0 Å². The summed E-state index contributed by atoms with van der Waals surface area (Å²) in [6.45, 7) is 8.00. The lowest BCUT2D eigenvalue weighted by molar-refractivity contribution is 0.0909. The van der Waals surface area contributed by atoms with E-state index in [2.05, 4.69) is 28.5 Å². The summed E-state index contributed by atoms with van der Waals surface area (Å²) >= 11 is 1.47. The Morgan fingerprint density at radius 3 is 3.23 bits per heavy atom. The molecule has 0 aliphatic carbocycles. The number of nitrogens with zero attached hydrogens (tertiary/aromatic N) is 4. The van der Waals surface area contributed by atoms with Gasteiger partial charge in [-0.05, 0) is 12.8 Å². The van der Waals surface area contributed by atoms with Crippen LogP contribution in [0.25, 0.3) is 4.96 Å². The first-order valence-electron chi connectivity index (χ1n) is 7.58. The van der Waals surface area contributed by atoms with Crippen LogP contribution in [0.4, 0.5) is 5.13 Å². The van der Waals surface area contributed by atoms with Gasteiger partial charge in [0.1, 0.15) is 0 Å². The van der Waals surface area contributed by atoms with Gasteiger partial charge in [-0.2, -0.15) is 4.52 Å². The van der Waals surface area contributed by atoms with E-state index in [0.717, 1.165) is 43.2 Å².